The third kappa shape index (κ3) is 1.62. The quantitative estimate of drug-likeness (QED) is 0.609. The normalized spacial score (nSPS) is 17.7. The molecule has 2 aromatic carbocycles. The summed E-state index contributed by atoms with van der Waals surface area (Å²) in [7, 11) is 0. The zero-order valence-corrected chi connectivity index (χ0v) is 11.1. The second-order valence-electron chi connectivity index (χ2n) is 4.20. The molecule has 1 atom stereocenters. The van der Waals surface area contributed by atoms with Crippen LogP contribution in [0.15, 0.2) is 59.5 Å². The molecule has 88 valence electrons. The maximum atomic E-state index is 6.00. The van der Waals surface area contributed by atoms with E-state index in [1.54, 1.807) is 11.8 Å². The van der Waals surface area contributed by atoms with E-state index in [-0.39, 0.29) is 5.44 Å². The molecule has 1 nitrogen and oxygen atoms in total. The molecule has 1 aliphatic heterocycles. The lowest BCUT2D eigenvalue weighted by atomic mass is 10.2. The summed E-state index contributed by atoms with van der Waals surface area (Å²) < 4.78 is 7.32. The van der Waals surface area contributed by atoms with Crippen LogP contribution in [0.2, 0.25) is 0 Å². The molecule has 0 saturated heterocycles. The van der Waals surface area contributed by atoms with Gasteiger partial charge in [0.25, 0.3) is 0 Å². The van der Waals surface area contributed by atoms with Crippen LogP contribution in [0.5, 0.6) is 5.75 Å². The van der Waals surface area contributed by atoms with Crippen molar-refractivity contribution >= 4 is 33.2 Å². The Morgan fingerprint density at radius 1 is 0.944 bits per heavy atom. The van der Waals surface area contributed by atoms with Gasteiger partial charge >= 0.3 is 0 Å². The van der Waals surface area contributed by atoms with E-state index in [1.165, 1.54) is 19.9 Å². The van der Waals surface area contributed by atoms with Crippen molar-refractivity contribution in [3.63, 3.8) is 0 Å². The summed E-state index contributed by atoms with van der Waals surface area (Å²) in [5.41, 5.74) is 0.111. The lowest BCUT2D eigenvalue weighted by Gasteiger charge is -2.05. The monoisotopic (exact) mass is 270 g/mol. The molecule has 3 heteroatoms. The Balaban J connectivity index is 1.73. The van der Waals surface area contributed by atoms with Crippen LogP contribution in [-0.4, -0.2) is 0 Å². The summed E-state index contributed by atoms with van der Waals surface area (Å²) in [6.07, 6.45) is 0. The van der Waals surface area contributed by atoms with E-state index in [2.05, 4.69) is 42.5 Å². The molecule has 18 heavy (non-hydrogen) atoms. The van der Waals surface area contributed by atoms with Gasteiger partial charge in [-0.3, -0.25) is 0 Å². The average molecular weight is 270 g/mol. The number of hydrogen-bond donors (Lipinski definition) is 0. The number of para-hydroxylation sites is 1. The standard InChI is InChI=1S/C15H10OS2/c1-3-7-12-10(5-1)9-14(17-12)15-16-11-6-2-4-8-13(11)18-15/h1-9,15H. The Kier molecular flexibility index (Phi) is 2.35. The summed E-state index contributed by atoms with van der Waals surface area (Å²) in [5, 5.41) is 1.30. The molecule has 2 heterocycles. The smallest absolute Gasteiger partial charge is 0.183 e. The Hall–Kier alpha value is -1.45. The van der Waals surface area contributed by atoms with E-state index in [9.17, 15) is 0 Å². The predicted octanol–water partition coefficient (Wildman–Crippen LogP) is 5.08. The Morgan fingerprint density at radius 2 is 1.78 bits per heavy atom. The van der Waals surface area contributed by atoms with Crippen molar-refractivity contribution in [1.29, 1.82) is 0 Å². The molecule has 1 aliphatic rings. The third-order valence-electron chi connectivity index (χ3n) is 2.99. The fraction of sp³-hybridized carbons (Fsp3) is 0.0667. The fourth-order valence-corrected chi connectivity index (χ4v) is 4.35. The number of benzene rings is 2. The van der Waals surface area contributed by atoms with Gasteiger partial charge in [-0.1, -0.05) is 42.1 Å². The van der Waals surface area contributed by atoms with Crippen molar-refractivity contribution < 1.29 is 4.74 Å². The maximum Gasteiger partial charge on any atom is 0.183 e. The first kappa shape index (κ1) is 10.5. The first-order valence-corrected chi connectivity index (χ1v) is 7.50. The molecule has 1 aromatic heterocycles. The van der Waals surface area contributed by atoms with Crippen LogP contribution in [0.1, 0.15) is 10.3 Å². The SMILES string of the molecule is c1ccc2c(c1)OC(c1cc3ccccc3s1)S2. The molecule has 4 rings (SSSR count). The van der Waals surface area contributed by atoms with Crippen LogP contribution in [0.4, 0.5) is 0 Å². The van der Waals surface area contributed by atoms with Gasteiger partial charge < -0.3 is 4.74 Å². The van der Waals surface area contributed by atoms with E-state index < -0.39 is 0 Å². The number of hydrogen-bond acceptors (Lipinski definition) is 3. The van der Waals surface area contributed by atoms with E-state index >= 15 is 0 Å². The minimum Gasteiger partial charge on any atom is -0.473 e. The molecular weight excluding hydrogens is 260 g/mol. The average Bonchev–Trinajstić information content (AvgIpc) is 3.02. The van der Waals surface area contributed by atoms with E-state index in [1.807, 2.05) is 23.5 Å². The van der Waals surface area contributed by atoms with Crippen molar-refractivity contribution in [2.75, 3.05) is 0 Å². The first-order valence-electron chi connectivity index (χ1n) is 5.81. The topological polar surface area (TPSA) is 9.23 Å². The fourth-order valence-electron chi connectivity index (χ4n) is 2.13. The van der Waals surface area contributed by atoms with Gasteiger partial charge in [-0.25, -0.2) is 0 Å². The highest BCUT2D eigenvalue weighted by Gasteiger charge is 2.26. The third-order valence-corrected chi connectivity index (χ3v) is 5.46. The lowest BCUT2D eigenvalue weighted by Crippen LogP contribution is -1.93. The summed E-state index contributed by atoms with van der Waals surface area (Å²) in [6, 6.07) is 19.0. The van der Waals surface area contributed by atoms with Gasteiger partial charge in [0.2, 0.25) is 0 Å². The molecule has 3 aromatic rings. The van der Waals surface area contributed by atoms with Crippen molar-refractivity contribution in [2.24, 2.45) is 0 Å². The van der Waals surface area contributed by atoms with Crippen molar-refractivity contribution in [1.82, 2.24) is 0 Å². The van der Waals surface area contributed by atoms with Crippen molar-refractivity contribution in [3.8, 4) is 5.75 Å². The second-order valence-corrected chi connectivity index (χ2v) is 6.42. The molecule has 0 bridgehead atoms. The summed E-state index contributed by atoms with van der Waals surface area (Å²) in [4.78, 5) is 2.53. The molecule has 0 radical (unpaired) electrons. The van der Waals surface area contributed by atoms with Crippen LogP contribution in [0, 0.1) is 0 Å². The van der Waals surface area contributed by atoms with Crippen LogP contribution in [0.3, 0.4) is 0 Å². The second kappa shape index (κ2) is 4.04. The summed E-state index contributed by atoms with van der Waals surface area (Å²) in [5.74, 6) is 1.00. The van der Waals surface area contributed by atoms with Crippen molar-refractivity contribution in [3.05, 3.63) is 59.5 Å². The molecule has 0 amide bonds. The zero-order valence-electron chi connectivity index (χ0n) is 9.50. The molecule has 0 saturated carbocycles. The maximum absolute atomic E-state index is 6.00. The molecule has 0 aliphatic carbocycles. The highest BCUT2D eigenvalue weighted by Crippen LogP contribution is 2.50. The molecule has 0 fully saturated rings. The Labute approximate surface area is 113 Å². The number of thioether (sulfide) groups is 1. The number of fused-ring (bicyclic) bond motifs is 2. The van der Waals surface area contributed by atoms with Gasteiger partial charge in [0.1, 0.15) is 5.75 Å². The molecule has 0 N–H and O–H groups in total. The predicted molar refractivity (Wildman–Crippen MR) is 77.5 cm³/mol. The highest BCUT2D eigenvalue weighted by molar-refractivity contribution is 7.99. The van der Waals surface area contributed by atoms with Gasteiger partial charge in [0.05, 0.1) is 9.77 Å². The minimum absolute atomic E-state index is 0.111. The molecular formula is C15H10OS2. The Morgan fingerprint density at radius 3 is 2.67 bits per heavy atom. The van der Waals surface area contributed by atoms with Crippen molar-refractivity contribution in [2.45, 2.75) is 10.3 Å². The van der Waals surface area contributed by atoms with Gasteiger partial charge in [-0.15, -0.1) is 11.3 Å². The zero-order chi connectivity index (χ0) is 11.9. The highest BCUT2D eigenvalue weighted by atomic mass is 32.2. The van der Waals surface area contributed by atoms with Gasteiger partial charge in [0.15, 0.2) is 5.44 Å². The van der Waals surface area contributed by atoms with Crippen LogP contribution < -0.4 is 4.74 Å². The largest absolute Gasteiger partial charge is 0.473 e. The van der Waals surface area contributed by atoms with Crippen LogP contribution in [-0.2, 0) is 0 Å². The van der Waals surface area contributed by atoms with E-state index in [0.717, 1.165) is 5.75 Å². The van der Waals surface area contributed by atoms with Gasteiger partial charge in [-0.05, 0) is 29.7 Å². The lowest BCUT2D eigenvalue weighted by molar-refractivity contribution is 0.306. The first-order chi connectivity index (χ1) is 8.90. The van der Waals surface area contributed by atoms with Crippen LogP contribution >= 0.6 is 23.1 Å². The summed E-state index contributed by atoms with van der Waals surface area (Å²) >= 11 is 3.61. The van der Waals surface area contributed by atoms with Gasteiger partial charge in [0, 0.05) is 4.70 Å². The minimum atomic E-state index is 0.111. The number of rotatable bonds is 1. The molecule has 0 spiro atoms. The van der Waals surface area contributed by atoms with E-state index in [0.29, 0.717) is 0 Å². The van der Waals surface area contributed by atoms with Crippen LogP contribution in [0.25, 0.3) is 10.1 Å². The number of ether oxygens (including phenoxy) is 1. The number of thiophene rings is 1. The van der Waals surface area contributed by atoms with E-state index in [4.69, 9.17) is 4.74 Å². The molecule has 1 unspecified atom stereocenters. The van der Waals surface area contributed by atoms with Gasteiger partial charge in [-0.2, -0.15) is 0 Å². The summed E-state index contributed by atoms with van der Waals surface area (Å²) in [6.45, 7) is 0. The Bertz CT molecular complexity index is 659.